The van der Waals surface area contributed by atoms with E-state index in [1.165, 1.54) is 11.3 Å². The summed E-state index contributed by atoms with van der Waals surface area (Å²) in [5, 5.41) is 4.79. The van der Waals surface area contributed by atoms with Crippen LogP contribution in [0.25, 0.3) is 21.2 Å². The molecule has 5 aromatic rings. The number of aryl methyl sites for hydroxylation is 1. The molecule has 5 rings (SSSR count). The van der Waals surface area contributed by atoms with Crippen LogP contribution in [0.2, 0.25) is 10.0 Å². The van der Waals surface area contributed by atoms with E-state index in [1.807, 2.05) is 61.5 Å². The number of thiophene rings is 1. The topological polar surface area (TPSA) is 55.1 Å². The minimum atomic E-state index is -0.246. The van der Waals surface area contributed by atoms with Crippen molar-refractivity contribution in [2.75, 3.05) is 5.32 Å². The maximum absolute atomic E-state index is 12.7. The van der Waals surface area contributed by atoms with E-state index in [1.54, 1.807) is 6.07 Å². The van der Waals surface area contributed by atoms with Crippen LogP contribution in [-0.4, -0.2) is 10.9 Å². The SMILES string of the molecule is Cc1ccc2oc(Cc3ccc(NC(=O)c4sc5cc(Cl)ccc5c4Cl)cc3)nc2c1. The Kier molecular flexibility index (Phi) is 5.18. The molecule has 0 saturated heterocycles. The highest BCUT2D eigenvalue weighted by molar-refractivity contribution is 7.21. The quantitative estimate of drug-likeness (QED) is 0.298. The summed E-state index contributed by atoms with van der Waals surface area (Å²) in [4.78, 5) is 17.8. The van der Waals surface area contributed by atoms with Crippen molar-refractivity contribution in [3.63, 3.8) is 0 Å². The van der Waals surface area contributed by atoms with Crippen LogP contribution < -0.4 is 5.32 Å². The molecule has 0 bridgehead atoms. The smallest absolute Gasteiger partial charge is 0.267 e. The zero-order valence-electron chi connectivity index (χ0n) is 16.4. The first-order valence-electron chi connectivity index (χ1n) is 9.60. The van der Waals surface area contributed by atoms with Crippen LogP contribution in [0.3, 0.4) is 0 Å². The number of carbonyl (C=O) groups is 1. The molecule has 31 heavy (non-hydrogen) atoms. The Balaban J connectivity index is 1.31. The maximum Gasteiger partial charge on any atom is 0.267 e. The van der Waals surface area contributed by atoms with Gasteiger partial charge in [0.05, 0.1) is 5.02 Å². The summed E-state index contributed by atoms with van der Waals surface area (Å²) in [6.07, 6.45) is 0.574. The van der Waals surface area contributed by atoms with Crippen LogP contribution in [0, 0.1) is 6.92 Å². The Morgan fingerprint density at radius 2 is 1.87 bits per heavy atom. The van der Waals surface area contributed by atoms with Crippen LogP contribution in [0.1, 0.15) is 26.7 Å². The number of hydrogen-bond acceptors (Lipinski definition) is 4. The highest BCUT2D eigenvalue weighted by atomic mass is 35.5. The normalized spacial score (nSPS) is 11.3. The summed E-state index contributed by atoms with van der Waals surface area (Å²) in [5.74, 6) is 0.414. The summed E-state index contributed by atoms with van der Waals surface area (Å²) < 4.78 is 6.71. The highest BCUT2D eigenvalue weighted by Gasteiger charge is 2.17. The number of hydrogen-bond donors (Lipinski definition) is 1. The molecule has 7 heteroatoms. The number of aromatic nitrogens is 1. The van der Waals surface area contributed by atoms with Gasteiger partial charge in [0.15, 0.2) is 11.5 Å². The number of anilines is 1. The average molecular weight is 467 g/mol. The van der Waals surface area contributed by atoms with Crippen LogP contribution in [0.4, 0.5) is 5.69 Å². The number of rotatable bonds is 4. The third kappa shape index (κ3) is 4.04. The summed E-state index contributed by atoms with van der Waals surface area (Å²) in [6, 6.07) is 19.0. The monoisotopic (exact) mass is 466 g/mol. The van der Waals surface area contributed by atoms with Gasteiger partial charge in [0, 0.05) is 27.2 Å². The Labute approximate surface area is 192 Å². The molecule has 0 fully saturated rings. The van der Waals surface area contributed by atoms with E-state index in [-0.39, 0.29) is 5.91 Å². The standard InChI is InChI=1S/C24H16Cl2N2O2S/c1-13-2-9-19-18(10-13)28-21(30-19)11-14-3-6-16(7-4-14)27-24(29)23-22(26)17-8-5-15(25)12-20(17)31-23/h2-10,12H,11H2,1H3,(H,27,29). The second-order valence-corrected chi connectivity index (χ2v) is 9.16. The molecule has 0 atom stereocenters. The first-order chi connectivity index (χ1) is 15.0. The lowest BCUT2D eigenvalue weighted by Gasteiger charge is -2.05. The minimum absolute atomic E-state index is 0.246. The second-order valence-electron chi connectivity index (χ2n) is 7.29. The molecule has 4 nitrogen and oxygen atoms in total. The van der Waals surface area contributed by atoms with E-state index < -0.39 is 0 Å². The lowest BCUT2D eigenvalue weighted by Crippen LogP contribution is -2.10. The highest BCUT2D eigenvalue weighted by Crippen LogP contribution is 2.37. The van der Waals surface area contributed by atoms with Crippen LogP contribution in [0.5, 0.6) is 0 Å². The Hall–Kier alpha value is -2.86. The minimum Gasteiger partial charge on any atom is -0.440 e. The summed E-state index contributed by atoms with van der Waals surface area (Å²) >= 11 is 13.8. The second kappa shape index (κ2) is 8.00. The third-order valence-electron chi connectivity index (χ3n) is 4.95. The Bertz CT molecular complexity index is 1440. The van der Waals surface area contributed by atoms with E-state index in [9.17, 15) is 4.79 Å². The molecule has 2 aromatic heterocycles. The van der Waals surface area contributed by atoms with E-state index in [2.05, 4.69) is 10.3 Å². The predicted molar refractivity (Wildman–Crippen MR) is 128 cm³/mol. The van der Waals surface area contributed by atoms with E-state index in [4.69, 9.17) is 27.6 Å². The van der Waals surface area contributed by atoms with Crippen molar-refractivity contribution >= 4 is 67.3 Å². The van der Waals surface area contributed by atoms with Gasteiger partial charge in [-0.3, -0.25) is 4.79 Å². The van der Waals surface area contributed by atoms with Crippen molar-refractivity contribution in [3.8, 4) is 0 Å². The van der Waals surface area contributed by atoms with Gasteiger partial charge in [-0.25, -0.2) is 4.98 Å². The number of carbonyl (C=O) groups excluding carboxylic acids is 1. The van der Waals surface area contributed by atoms with Crippen molar-refractivity contribution in [2.24, 2.45) is 0 Å². The number of amides is 1. The van der Waals surface area contributed by atoms with Crippen molar-refractivity contribution < 1.29 is 9.21 Å². The number of nitrogens with one attached hydrogen (secondary N) is 1. The number of nitrogens with zero attached hydrogens (tertiary/aromatic N) is 1. The van der Waals surface area contributed by atoms with E-state index in [0.717, 1.165) is 32.3 Å². The lowest BCUT2D eigenvalue weighted by atomic mass is 10.1. The molecule has 0 aliphatic heterocycles. The van der Waals surface area contributed by atoms with Crippen molar-refractivity contribution in [1.29, 1.82) is 0 Å². The number of halogens is 2. The molecule has 0 spiro atoms. The summed E-state index contributed by atoms with van der Waals surface area (Å²) in [6.45, 7) is 2.03. The molecule has 0 aliphatic carbocycles. The number of benzene rings is 3. The first-order valence-corrected chi connectivity index (χ1v) is 11.2. The van der Waals surface area contributed by atoms with E-state index >= 15 is 0 Å². The Morgan fingerprint density at radius 1 is 1.06 bits per heavy atom. The average Bonchev–Trinajstić information content (AvgIpc) is 3.29. The fourth-order valence-corrected chi connectivity index (χ4v) is 5.10. The van der Waals surface area contributed by atoms with Crippen molar-refractivity contribution in [1.82, 2.24) is 4.98 Å². The van der Waals surface area contributed by atoms with Gasteiger partial charge < -0.3 is 9.73 Å². The third-order valence-corrected chi connectivity index (χ3v) is 6.84. The largest absolute Gasteiger partial charge is 0.440 e. The van der Waals surface area contributed by atoms with Gasteiger partial charge in [-0.1, -0.05) is 47.5 Å². The maximum atomic E-state index is 12.7. The molecule has 3 aromatic carbocycles. The van der Waals surface area contributed by atoms with Gasteiger partial charge in [-0.05, 0) is 54.4 Å². The van der Waals surface area contributed by atoms with Crippen LogP contribution >= 0.6 is 34.5 Å². The van der Waals surface area contributed by atoms with Gasteiger partial charge >= 0.3 is 0 Å². The van der Waals surface area contributed by atoms with E-state index in [0.29, 0.717) is 32.9 Å². The number of oxazole rings is 1. The van der Waals surface area contributed by atoms with Gasteiger partial charge in [-0.2, -0.15) is 0 Å². The molecule has 0 unspecified atom stereocenters. The van der Waals surface area contributed by atoms with Gasteiger partial charge in [0.2, 0.25) is 0 Å². The van der Waals surface area contributed by atoms with Crippen molar-refractivity contribution in [2.45, 2.75) is 13.3 Å². The summed E-state index contributed by atoms with van der Waals surface area (Å²) in [5.41, 5.74) is 4.52. The van der Waals surface area contributed by atoms with Gasteiger partial charge in [0.25, 0.3) is 5.91 Å². The summed E-state index contributed by atoms with van der Waals surface area (Å²) in [7, 11) is 0. The molecule has 154 valence electrons. The molecular weight excluding hydrogens is 451 g/mol. The fraction of sp³-hybridized carbons (Fsp3) is 0.0833. The lowest BCUT2D eigenvalue weighted by molar-refractivity contribution is 0.103. The molecule has 1 N–H and O–H groups in total. The predicted octanol–water partition coefficient (Wildman–Crippen LogP) is 7.50. The molecule has 0 saturated carbocycles. The Morgan fingerprint density at radius 3 is 2.68 bits per heavy atom. The number of fused-ring (bicyclic) bond motifs is 2. The zero-order chi connectivity index (χ0) is 21.5. The molecule has 2 heterocycles. The zero-order valence-corrected chi connectivity index (χ0v) is 18.7. The van der Waals surface area contributed by atoms with Gasteiger partial charge in [-0.15, -0.1) is 11.3 Å². The molecule has 0 aliphatic rings. The van der Waals surface area contributed by atoms with Crippen LogP contribution in [-0.2, 0) is 6.42 Å². The fourth-order valence-electron chi connectivity index (χ4n) is 3.41. The first kappa shape index (κ1) is 20.1. The van der Waals surface area contributed by atoms with Crippen LogP contribution in [0.15, 0.2) is 65.1 Å². The molecular formula is C24H16Cl2N2O2S. The molecule has 1 amide bonds. The van der Waals surface area contributed by atoms with Crippen molar-refractivity contribution in [3.05, 3.63) is 92.6 Å². The molecule has 0 radical (unpaired) electrons. The van der Waals surface area contributed by atoms with Gasteiger partial charge in [0.1, 0.15) is 10.4 Å².